The van der Waals surface area contributed by atoms with Crippen molar-refractivity contribution in [2.75, 3.05) is 39.3 Å². The molecule has 3 fully saturated rings. The summed E-state index contributed by atoms with van der Waals surface area (Å²) in [5, 5.41) is 0. The number of rotatable bonds is 7. The number of hydrogen-bond acceptors (Lipinski definition) is 3. The number of amides is 3. The third-order valence-corrected chi connectivity index (χ3v) is 7.57. The number of carbonyl (C=O) groups is 3. The van der Waals surface area contributed by atoms with Crippen LogP contribution in [0.15, 0.2) is 30.3 Å². The Labute approximate surface area is 191 Å². The van der Waals surface area contributed by atoms with Gasteiger partial charge in [-0.15, -0.1) is 0 Å². The molecule has 174 valence electrons. The smallest absolute Gasteiger partial charge is 0.242 e. The Morgan fingerprint density at radius 2 is 1.44 bits per heavy atom. The van der Waals surface area contributed by atoms with Crippen molar-refractivity contribution in [1.29, 1.82) is 0 Å². The number of piperidine rings is 2. The van der Waals surface area contributed by atoms with E-state index in [0.717, 1.165) is 71.1 Å². The number of benzene rings is 1. The molecule has 0 saturated carbocycles. The minimum atomic E-state index is 0.0770. The van der Waals surface area contributed by atoms with E-state index in [1.807, 2.05) is 4.90 Å². The molecule has 1 aromatic carbocycles. The monoisotopic (exact) mass is 439 g/mol. The lowest BCUT2D eigenvalue weighted by Crippen LogP contribution is -2.44. The highest BCUT2D eigenvalue weighted by molar-refractivity contribution is 5.86. The van der Waals surface area contributed by atoms with Crippen molar-refractivity contribution in [2.45, 2.75) is 57.8 Å². The number of nitrogens with zero attached hydrogens (tertiary/aromatic N) is 3. The highest BCUT2D eigenvalue weighted by atomic mass is 16.2. The fraction of sp³-hybridized carbons (Fsp3) is 0.654. The van der Waals surface area contributed by atoms with Gasteiger partial charge in [0.2, 0.25) is 17.7 Å². The Balaban J connectivity index is 1.11. The predicted octanol–water partition coefficient (Wildman–Crippen LogP) is 3.11. The Morgan fingerprint density at radius 1 is 0.812 bits per heavy atom. The third kappa shape index (κ3) is 6.11. The normalized spacial score (nSPS) is 20.8. The van der Waals surface area contributed by atoms with E-state index in [9.17, 15) is 14.4 Å². The number of carbonyl (C=O) groups excluding carboxylic acids is 3. The Morgan fingerprint density at radius 3 is 2.06 bits per heavy atom. The molecule has 6 heteroatoms. The van der Waals surface area contributed by atoms with Gasteiger partial charge in [0.1, 0.15) is 0 Å². The third-order valence-electron chi connectivity index (χ3n) is 7.57. The van der Waals surface area contributed by atoms with Gasteiger partial charge in [0, 0.05) is 45.6 Å². The van der Waals surface area contributed by atoms with Crippen molar-refractivity contribution in [2.24, 2.45) is 11.8 Å². The van der Waals surface area contributed by atoms with E-state index in [4.69, 9.17) is 0 Å². The van der Waals surface area contributed by atoms with Gasteiger partial charge in [0.05, 0.1) is 6.54 Å². The second kappa shape index (κ2) is 11.0. The summed E-state index contributed by atoms with van der Waals surface area (Å²) in [5.74, 6) is 1.68. The number of likely N-dealkylation sites (tertiary alicyclic amines) is 3. The molecule has 0 atom stereocenters. The van der Waals surface area contributed by atoms with Gasteiger partial charge in [0.25, 0.3) is 0 Å². The van der Waals surface area contributed by atoms with Crippen molar-refractivity contribution in [1.82, 2.24) is 14.7 Å². The summed E-state index contributed by atoms with van der Waals surface area (Å²) in [7, 11) is 0. The molecule has 0 N–H and O–H groups in total. The zero-order chi connectivity index (χ0) is 22.3. The van der Waals surface area contributed by atoms with Crippen LogP contribution in [-0.4, -0.2) is 71.7 Å². The summed E-state index contributed by atoms with van der Waals surface area (Å²) in [5.41, 5.74) is 1.40. The maximum Gasteiger partial charge on any atom is 0.242 e. The van der Waals surface area contributed by atoms with Crippen LogP contribution in [0, 0.1) is 11.8 Å². The molecular formula is C26H37N3O3. The van der Waals surface area contributed by atoms with Crippen molar-refractivity contribution in [3.63, 3.8) is 0 Å². The summed E-state index contributed by atoms with van der Waals surface area (Å²) < 4.78 is 0. The fourth-order valence-electron chi connectivity index (χ4n) is 5.43. The van der Waals surface area contributed by atoms with E-state index < -0.39 is 0 Å². The van der Waals surface area contributed by atoms with Crippen LogP contribution in [0.4, 0.5) is 0 Å². The first-order valence-corrected chi connectivity index (χ1v) is 12.5. The molecule has 0 bridgehead atoms. The molecule has 0 spiro atoms. The van der Waals surface area contributed by atoms with Crippen molar-refractivity contribution in [3.05, 3.63) is 35.9 Å². The van der Waals surface area contributed by atoms with Gasteiger partial charge in [-0.2, -0.15) is 0 Å². The molecule has 0 aliphatic carbocycles. The summed E-state index contributed by atoms with van der Waals surface area (Å²) in [6.07, 6.45) is 8.24. The predicted molar refractivity (Wildman–Crippen MR) is 124 cm³/mol. The van der Waals surface area contributed by atoms with Gasteiger partial charge < -0.3 is 14.7 Å². The SMILES string of the molecule is O=C(CCC1CCN(C(=O)CN2CCCC2=O)CC1)N1CCC(Cc2ccccc2)CC1. The second-order valence-electron chi connectivity index (χ2n) is 9.80. The summed E-state index contributed by atoms with van der Waals surface area (Å²) in [4.78, 5) is 42.6. The van der Waals surface area contributed by atoms with Crippen LogP contribution >= 0.6 is 0 Å². The van der Waals surface area contributed by atoms with Crippen molar-refractivity contribution < 1.29 is 14.4 Å². The van der Waals surface area contributed by atoms with E-state index in [2.05, 4.69) is 35.2 Å². The van der Waals surface area contributed by atoms with Gasteiger partial charge in [-0.05, 0) is 62.3 Å². The molecule has 6 nitrogen and oxygen atoms in total. The average Bonchev–Trinajstić information content (AvgIpc) is 3.23. The zero-order valence-corrected chi connectivity index (χ0v) is 19.2. The molecule has 3 amide bonds. The largest absolute Gasteiger partial charge is 0.343 e. The minimum Gasteiger partial charge on any atom is -0.343 e. The Kier molecular flexibility index (Phi) is 7.82. The number of hydrogen-bond donors (Lipinski definition) is 0. The van der Waals surface area contributed by atoms with Gasteiger partial charge in [0.15, 0.2) is 0 Å². The summed E-state index contributed by atoms with van der Waals surface area (Å²) in [6, 6.07) is 10.7. The molecule has 4 rings (SSSR count). The Bertz CT molecular complexity index is 781. The van der Waals surface area contributed by atoms with E-state index in [1.165, 1.54) is 5.56 Å². The molecule has 3 saturated heterocycles. The lowest BCUT2D eigenvalue weighted by Gasteiger charge is -2.34. The maximum absolute atomic E-state index is 12.7. The standard InChI is InChI=1S/C26H37N3O3/c30-24-7-4-14-29(24)20-26(32)28-15-10-21(11-16-28)8-9-25(31)27-17-12-23(13-18-27)19-22-5-2-1-3-6-22/h1-3,5-6,21,23H,4,7-20H2. The topological polar surface area (TPSA) is 60.9 Å². The molecule has 3 aliphatic rings. The second-order valence-corrected chi connectivity index (χ2v) is 9.80. The van der Waals surface area contributed by atoms with Crippen LogP contribution in [-0.2, 0) is 20.8 Å². The van der Waals surface area contributed by atoms with Gasteiger partial charge in [-0.1, -0.05) is 30.3 Å². The van der Waals surface area contributed by atoms with Crippen LogP contribution in [0.25, 0.3) is 0 Å². The first kappa shape index (κ1) is 22.8. The summed E-state index contributed by atoms with van der Waals surface area (Å²) >= 11 is 0. The molecule has 1 aromatic rings. The van der Waals surface area contributed by atoms with Crippen molar-refractivity contribution in [3.8, 4) is 0 Å². The van der Waals surface area contributed by atoms with Crippen LogP contribution in [0.3, 0.4) is 0 Å². The van der Waals surface area contributed by atoms with Crippen LogP contribution in [0.2, 0.25) is 0 Å². The lowest BCUT2D eigenvalue weighted by atomic mass is 9.89. The molecule has 0 aromatic heterocycles. The highest BCUT2D eigenvalue weighted by Crippen LogP contribution is 2.25. The molecular weight excluding hydrogens is 402 g/mol. The molecule has 3 aliphatic heterocycles. The van der Waals surface area contributed by atoms with Crippen LogP contribution < -0.4 is 0 Å². The van der Waals surface area contributed by atoms with E-state index in [0.29, 0.717) is 37.1 Å². The first-order chi connectivity index (χ1) is 15.6. The molecule has 3 heterocycles. The highest BCUT2D eigenvalue weighted by Gasteiger charge is 2.28. The average molecular weight is 440 g/mol. The van der Waals surface area contributed by atoms with E-state index in [-0.39, 0.29) is 18.4 Å². The van der Waals surface area contributed by atoms with E-state index in [1.54, 1.807) is 4.90 Å². The summed E-state index contributed by atoms with van der Waals surface area (Å²) in [6.45, 7) is 4.24. The Hall–Kier alpha value is -2.37. The fourth-order valence-corrected chi connectivity index (χ4v) is 5.43. The first-order valence-electron chi connectivity index (χ1n) is 12.5. The molecule has 0 unspecified atom stereocenters. The minimum absolute atomic E-state index is 0.0770. The zero-order valence-electron chi connectivity index (χ0n) is 19.2. The van der Waals surface area contributed by atoms with Crippen LogP contribution in [0.5, 0.6) is 0 Å². The van der Waals surface area contributed by atoms with Gasteiger partial charge >= 0.3 is 0 Å². The van der Waals surface area contributed by atoms with Gasteiger partial charge in [-0.25, -0.2) is 0 Å². The maximum atomic E-state index is 12.7. The van der Waals surface area contributed by atoms with E-state index >= 15 is 0 Å². The molecule has 32 heavy (non-hydrogen) atoms. The quantitative estimate of drug-likeness (QED) is 0.656. The molecule has 0 radical (unpaired) electrons. The lowest BCUT2D eigenvalue weighted by molar-refractivity contribution is -0.139. The van der Waals surface area contributed by atoms with Crippen LogP contribution in [0.1, 0.15) is 56.9 Å². The van der Waals surface area contributed by atoms with Gasteiger partial charge in [-0.3, -0.25) is 14.4 Å². The van der Waals surface area contributed by atoms with Crippen molar-refractivity contribution >= 4 is 17.7 Å².